The Labute approximate surface area is 201 Å². The molecule has 1 aliphatic rings. The second kappa shape index (κ2) is 11.9. The summed E-state index contributed by atoms with van der Waals surface area (Å²) in [5.41, 5.74) is 3.41. The maximum Gasteiger partial charge on any atom is 0.193 e. The lowest BCUT2D eigenvalue weighted by Gasteiger charge is -2.21. The molecule has 0 radical (unpaired) electrons. The van der Waals surface area contributed by atoms with Crippen LogP contribution in [-0.4, -0.2) is 47.4 Å². The van der Waals surface area contributed by atoms with Crippen LogP contribution in [0.1, 0.15) is 17.5 Å². The van der Waals surface area contributed by atoms with Crippen molar-refractivity contribution in [2.75, 3.05) is 26.7 Å². The van der Waals surface area contributed by atoms with E-state index in [-0.39, 0.29) is 24.0 Å². The van der Waals surface area contributed by atoms with Gasteiger partial charge in [-0.3, -0.25) is 4.99 Å². The van der Waals surface area contributed by atoms with Crippen LogP contribution < -0.4 is 5.32 Å². The molecule has 1 fully saturated rings. The van der Waals surface area contributed by atoms with E-state index < -0.39 is 0 Å². The molecular weight excluding hydrogens is 501 g/mol. The van der Waals surface area contributed by atoms with Gasteiger partial charge in [-0.25, -0.2) is 4.68 Å². The SMILES string of the molecule is CN=C(NCc1cnn(-c2ccccc2)c1)N1CCC(COCc2ccccc2)C1.I. The minimum absolute atomic E-state index is 0. The summed E-state index contributed by atoms with van der Waals surface area (Å²) in [6.07, 6.45) is 5.08. The van der Waals surface area contributed by atoms with Gasteiger partial charge in [0, 0.05) is 44.4 Å². The monoisotopic (exact) mass is 531 g/mol. The molecule has 0 bridgehead atoms. The quantitative estimate of drug-likeness (QED) is 0.284. The van der Waals surface area contributed by atoms with Crippen LogP contribution in [0.4, 0.5) is 0 Å². The van der Waals surface area contributed by atoms with E-state index in [2.05, 4.69) is 50.8 Å². The summed E-state index contributed by atoms with van der Waals surface area (Å²) in [5, 5.41) is 7.94. The summed E-state index contributed by atoms with van der Waals surface area (Å²) >= 11 is 0. The molecule has 1 aromatic heterocycles. The zero-order valence-electron chi connectivity index (χ0n) is 17.9. The zero-order chi connectivity index (χ0) is 20.6. The van der Waals surface area contributed by atoms with Crippen molar-refractivity contribution in [2.45, 2.75) is 19.6 Å². The molecule has 1 unspecified atom stereocenters. The minimum Gasteiger partial charge on any atom is -0.376 e. The minimum atomic E-state index is 0. The molecule has 1 N–H and O–H groups in total. The van der Waals surface area contributed by atoms with Crippen molar-refractivity contribution in [2.24, 2.45) is 10.9 Å². The number of likely N-dealkylation sites (tertiary alicyclic amines) is 1. The Morgan fingerprint density at radius 3 is 2.58 bits per heavy atom. The van der Waals surface area contributed by atoms with E-state index in [4.69, 9.17) is 4.74 Å². The van der Waals surface area contributed by atoms with Gasteiger partial charge in [0.15, 0.2) is 5.96 Å². The second-order valence-electron chi connectivity index (χ2n) is 7.63. The summed E-state index contributed by atoms with van der Waals surface area (Å²) in [4.78, 5) is 6.79. The molecule has 1 saturated heterocycles. The number of aliphatic imine (C=N–C) groups is 1. The van der Waals surface area contributed by atoms with E-state index >= 15 is 0 Å². The first-order valence-corrected chi connectivity index (χ1v) is 10.5. The third kappa shape index (κ3) is 6.54. The van der Waals surface area contributed by atoms with E-state index in [9.17, 15) is 0 Å². The molecule has 0 saturated carbocycles. The predicted octanol–water partition coefficient (Wildman–Crippen LogP) is 4.10. The first-order valence-electron chi connectivity index (χ1n) is 10.5. The first-order chi connectivity index (χ1) is 14.8. The summed E-state index contributed by atoms with van der Waals surface area (Å²) in [6, 6.07) is 20.5. The van der Waals surface area contributed by atoms with E-state index in [1.807, 2.05) is 54.3 Å². The van der Waals surface area contributed by atoms with Crippen LogP contribution in [0, 0.1) is 5.92 Å². The van der Waals surface area contributed by atoms with Gasteiger partial charge in [-0.2, -0.15) is 5.10 Å². The third-order valence-corrected chi connectivity index (χ3v) is 5.37. The van der Waals surface area contributed by atoms with Gasteiger partial charge >= 0.3 is 0 Å². The topological polar surface area (TPSA) is 54.7 Å². The fourth-order valence-electron chi connectivity index (χ4n) is 3.77. The maximum absolute atomic E-state index is 5.94. The molecule has 0 aliphatic carbocycles. The zero-order valence-corrected chi connectivity index (χ0v) is 20.2. The molecular formula is C24H30IN5O. The highest BCUT2D eigenvalue weighted by molar-refractivity contribution is 14.0. The normalized spacial score (nSPS) is 16.2. The van der Waals surface area contributed by atoms with E-state index in [1.54, 1.807) is 0 Å². The highest BCUT2D eigenvalue weighted by Crippen LogP contribution is 2.17. The lowest BCUT2D eigenvalue weighted by atomic mass is 10.1. The number of aromatic nitrogens is 2. The average molecular weight is 531 g/mol. The van der Waals surface area contributed by atoms with Crippen LogP contribution in [0.5, 0.6) is 0 Å². The van der Waals surface area contributed by atoms with Crippen molar-refractivity contribution in [1.29, 1.82) is 0 Å². The number of ether oxygens (including phenoxy) is 1. The van der Waals surface area contributed by atoms with Crippen LogP contribution in [-0.2, 0) is 17.9 Å². The highest BCUT2D eigenvalue weighted by Gasteiger charge is 2.25. The Bertz CT molecular complexity index is 945. The van der Waals surface area contributed by atoms with Gasteiger partial charge in [-0.1, -0.05) is 48.5 Å². The fraction of sp³-hybridized carbons (Fsp3) is 0.333. The summed E-state index contributed by atoms with van der Waals surface area (Å²) in [6.45, 7) is 4.13. The molecule has 6 nitrogen and oxygen atoms in total. The van der Waals surface area contributed by atoms with Crippen molar-refractivity contribution in [1.82, 2.24) is 20.0 Å². The van der Waals surface area contributed by atoms with E-state index in [0.29, 0.717) is 19.1 Å². The highest BCUT2D eigenvalue weighted by atomic mass is 127. The van der Waals surface area contributed by atoms with Crippen LogP contribution >= 0.6 is 24.0 Å². The second-order valence-corrected chi connectivity index (χ2v) is 7.63. The Hall–Kier alpha value is -2.39. The van der Waals surface area contributed by atoms with Crippen molar-refractivity contribution in [3.63, 3.8) is 0 Å². The Balaban J connectivity index is 0.00000272. The Kier molecular flexibility index (Phi) is 8.90. The van der Waals surface area contributed by atoms with Gasteiger partial charge in [0.2, 0.25) is 0 Å². The van der Waals surface area contributed by atoms with E-state index in [1.165, 1.54) is 5.56 Å². The van der Waals surface area contributed by atoms with Gasteiger partial charge in [-0.05, 0) is 24.1 Å². The van der Waals surface area contributed by atoms with Gasteiger partial charge in [-0.15, -0.1) is 24.0 Å². The largest absolute Gasteiger partial charge is 0.376 e. The standard InChI is InChI=1S/C24H29N5O.HI/c1-25-24(26-14-22-15-27-29(17-22)23-10-6-3-7-11-23)28-13-12-21(16-28)19-30-18-20-8-4-2-5-9-20;/h2-11,15,17,21H,12-14,16,18-19H2,1H3,(H,25,26);1H. The van der Waals surface area contributed by atoms with Gasteiger partial charge < -0.3 is 15.0 Å². The molecule has 2 aromatic carbocycles. The Morgan fingerprint density at radius 2 is 1.84 bits per heavy atom. The lowest BCUT2D eigenvalue weighted by Crippen LogP contribution is -2.39. The number of hydrogen-bond donors (Lipinski definition) is 1. The molecule has 0 amide bonds. The first kappa shape index (κ1) is 23.3. The number of guanidine groups is 1. The van der Waals surface area contributed by atoms with Crippen molar-refractivity contribution in [3.8, 4) is 5.69 Å². The smallest absolute Gasteiger partial charge is 0.193 e. The molecule has 3 aromatic rings. The molecule has 0 spiro atoms. The number of rotatable bonds is 7. The maximum atomic E-state index is 5.94. The molecule has 31 heavy (non-hydrogen) atoms. The lowest BCUT2D eigenvalue weighted by molar-refractivity contribution is 0.0906. The number of nitrogens with one attached hydrogen (secondary N) is 1. The van der Waals surface area contributed by atoms with Crippen molar-refractivity contribution >= 4 is 29.9 Å². The van der Waals surface area contributed by atoms with E-state index in [0.717, 1.165) is 43.3 Å². The number of benzene rings is 2. The third-order valence-electron chi connectivity index (χ3n) is 5.37. The summed E-state index contributed by atoms with van der Waals surface area (Å²) < 4.78 is 7.84. The molecule has 1 atom stereocenters. The number of para-hydroxylation sites is 1. The Morgan fingerprint density at radius 1 is 1.10 bits per heavy atom. The number of hydrogen-bond acceptors (Lipinski definition) is 3. The molecule has 164 valence electrons. The molecule has 2 heterocycles. The fourth-order valence-corrected chi connectivity index (χ4v) is 3.77. The molecule has 7 heteroatoms. The van der Waals surface area contributed by atoms with Gasteiger partial charge in [0.05, 0.1) is 25.1 Å². The predicted molar refractivity (Wildman–Crippen MR) is 135 cm³/mol. The van der Waals surface area contributed by atoms with Gasteiger partial charge in [0.25, 0.3) is 0 Å². The number of nitrogens with zero attached hydrogens (tertiary/aromatic N) is 4. The summed E-state index contributed by atoms with van der Waals surface area (Å²) in [7, 11) is 1.84. The average Bonchev–Trinajstić information content (AvgIpc) is 3.46. The van der Waals surface area contributed by atoms with Crippen molar-refractivity contribution in [3.05, 3.63) is 84.2 Å². The molecule has 4 rings (SSSR count). The van der Waals surface area contributed by atoms with Gasteiger partial charge in [0.1, 0.15) is 0 Å². The van der Waals surface area contributed by atoms with Crippen LogP contribution in [0.3, 0.4) is 0 Å². The molecule has 1 aliphatic heterocycles. The van der Waals surface area contributed by atoms with Crippen LogP contribution in [0.25, 0.3) is 5.69 Å². The van der Waals surface area contributed by atoms with Crippen LogP contribution in [0.2, 0.25) is 0 Å². The van der Waals surface area contributed by atoms with Crippen molar-refractivity contribution < 1.29 is 4.74 Å². The van der Waals surface area contributed by atoms with Crippen LogP contribution in [0.15, 0.2) is 78.0 Å². The number of halogens is 1. The summed E-state index contributed by atoms with van der Waals surface area (Å²) in [5.74, 6) is 1.47.